The highest BCUT2D eigenvalue weighted by atomic mass is 16.5. The molecule has 0 fully saturated rings. The van der Waals surface area contributed by atoms with E-state index in [2.05, 4.69) is 13.8 Å². The first-order valence-corrected chi connectivity index (χ1v) is 3.69. The summed E-state index contributed by atoms with van der Waals surface area (Å²) in [6, 6.07) is 2.02. The van der Waals surface area contributed by atoms with Gasteiger partial charge in [-0.25, -0.2) is 0 Å². The van der Waals surface area contributed by atoms with Gasteiger partial charge in [-0.2, -0.15) is 5.26 Å². The van der Waals surface area contributed by atoms with Gasteiger partial charge in [-0.1, -0.05) is 20.3 Å². The Morgan fingerprint density at radius 3 is 2.20 bits per heavy atom. The molecule has 0 rings (SSSR count). The van der Waals surface area contributed by atoms with Crippen LogP contribution >= 0.6 is 0 Å². The van der Waals surface area contributed by atoms with Gasteiger partial charge in [0.2, 0.25) is 0 Å². The summed E-state index contributed by atoms with van der Waals surface area (Å²) in [5, 5.41) is 7.99. The summed E-state index contributed by atoms with van der Waals surface area (Å²) in [5.41, 5.74) is 0. The lowest BCUT2D eigenvalue weighted by Crippen LogP contribution is -1.85. The quantitative estimate of drug-likeness (QED) is 0.568. The van der Waals surface area contributed by atoms with Gasteiger partial charge in [0.1, 0.15) is 0 Å². The molecule has 0 aliphatic rings. The van der Waals surface area contributed by atoms with Crippen LogP contribution in [0.2, 0.25) is 0 Å². The minimum absolute atomic E-state index is 0.605. The van der Waals surface area contributed by atoms with Crippen LogP contribution in [-0.2, 0) is 4.74 Å². The number of hydrogen-bond donors (Lipinski definition) is 0. The maximum Gasteiger partial charge on any atom is 0.0622 e. The molecule has 0 heterocycles. The molecular weight excluding hydrogens is 126 g/mol. The van der Waals surface area contributed by atoms with Gasteiger partial charge in [-0.3, -0.25) is 0 Å². The van der Waals surface area contributed by atoms with Crippen molar-refractivity contribution in [1.82, 2.24) is 0 Å². The van der Waals surface area contributed by atoms with Crippen molar-refractivity contribution in [3.8, 4) is 6.07 Å². The minimum Gasteiger partial charge on any atom is -0.385 e. The zero-order valence-electron chi connectivity index (χ0n) is 7.18. The van der Waals surface area contributed by atoms with E-state index in [1.807, 2.05) is 6.07 Å². The van der Waals surface area contributed by atoms with Gasteiger partial charge in [0, 0.05) is 20.1 Å². The molecule has 0 spiro atoms. The molecule has 0 saturated heterocycles. The van der Waals surface area contributed by atoms with E-state index >= 15 is 0 Å². The second-order valence-electron chi connectivity index (χ2n) is 1.96. The fourth-order valence-corrected chi connectivity index (χ4v) is 0.296. The average Bonchev–Trinajstić information content (AvgIpc) is 1.91. The summed E-state index contributed by atoms with van der Waals surface area (Å²) >= 11 is 0. The highest BCUT2D eigenvalue weighted by molar-refractivity contribution is 4.67. The number of methoxy groups -OCH3 is 1. The molecule has 0 aromatic heterocycles. The highest BCUT2D eigenvalue weighted by Crippen LogP contribution is 1.83. The molecule has 0 aromatic rings. The first kappa shape index (κ1) is 12.2. The van der Waals surface area contributed by atoms with E-state index in [0.29, 0.717) is 13.0 Å². The van der Waals surface area contributed by atoms with Crippen LogP contribution in [0.4, 0.5) is 0 Å². The lowest BCUT2D eigenvalue weighted by Gasteiger charge is -1.88. The van der Waals surface area contributed by atoms with Crippen molar-refractivity contribution >= 4 is 0 Å². The highest BCUT2D eigenvalue weighted by Gasteiger charge is 1.79. The topological polar surface area (TPSA) is 33.0 Å². The number of hydrogen-bond acceptors (Lipinski definition) is 2. The zero-order valence-corrected chi connectivity index (χ0v) is 7.18. The van der Waals surface area contributed by atoms with E-state index in [0.717, 1.165) is 6.42 Å². The minimum atomic E-state index is 0.605. The van der Waals surface area contributed by atoms with Gasteiger partial charge >= 0.3 is 0 Å². The van der Waals surface area contributed by atoms with Crippen molar-refractivity contribution < 1.29 is 4.74 Å². The maximum atomic E-state index is 7.99. The predicted octanol–water partition coefficient (Wildman–Crippen LogP) is 2.35. The third-order valence-corrected chi connectivity index (χ3v) is 0.637. The van der Waals surface area contributed by atoms with Crippen LogP contribution in [0.1, 0.15) is 33.1 Å². The van der Waals surface area contributed by atoms with Gasteiger partial charge in [0.05, 0.1) is 6.07 Å². The Morgan fingerprint density at radius 1 is 1.40 bits per heavy atom. The third kappa shape index (κ3) is 26.0. The lowest BCUT2D eigenvalue weighted by molar-refractivity contribution is 0.196. The maximum absolute atomic E-state index is 7.99. The molecule has 2 heteroatoms. The molecule has 0 aromatic carbocycles. The van der Waals surface area contributed by atoms with Crippen LogP contribution in [0.3, 0.4) is 0 Å². The number of rotatable bonds is 3. The Bertz CT molecular complexity index is 75.8. The normalized spacial score (nSPS) is 7.40. The van der Waals surface area contributed by atoms with Crippen molar-refractivity contribution in [2.75, 3.05) is 13.7 Å². The summed E-state index contributed by atoms with van der Waals surface area (Å²) in [5.74, 6) is 0. The fraction of sp³-hybridized carbons (Fsp3) is 0.875. The summed E-state index contributed by atoms with van der Waals surface area (Å²) in [7, 11) is 1.64. The van der Waals surface area contributed by atoms with Crippen LogP contribution in [0.15, 0.2) is 0 Å². The molecule has 0 N–H and O–H groups in total. The smallest absolute Gasteiger partial charge is 0.0622 e. The van der Waals surface area contributed by atoms with Gasteiger partial charge < -0.3 is 4.74 Å². The number of ether oxygens (including phenoxy) is 1. The van der Waals surface area contributed by atoms with E-state index in [9.17, 15) is 0 Å². The Hall–Kier alpha value is -0.550. The number of nitriles is 1. The second-order valence-corrected chi connectivity index (χ2v) is 1.96. The van der Waals surface area contributed by atoms with Crippen LogP contribution < -0.4 is 0 Å². The van der Waals surface area contributed by atoms with Crippen molar-refractivity contribution in [3.63, 3.8) is 0 Å². The van der Waals surface area contributed by atoms with Crippen molar-refractivity contribution in [2.24, 2.45) is 0 Å². The summed E-state index contributed by atoms with van der Waals surface area (Å²) in [6.07, 6.45) is 2.71. The Labute approximate surface area is 63.8 Å². The number of nitrogens with zero attached hydrogens (tertiary/aromatic N) is 1. The van der Waals surface area contributed by atoms with Crippen LogP contribution in [-0.4, -0.2) is 13.7 Å². The molecular formula is C8H17NO. The Morgan fingerprint density at radius 2 is 1.90 bits per heavy atom. The first-order valence-electron chi connectivity index (χ1n) is 3.69. The molecule has 0 atom stereocenters. The van der Waals surface area contributed by atoms with Crippen LogP contribution in [0.25, 0.3) is 0 Å². The first-order chi connectivity index (χ1) is 4.83. The van der Waals surface area contributed by atoms with Crippen LogP contribution in [0, 0.1) is 11.3 Å². The molecule has 0 amide bonds. The molecule has 0 aliphatic carbocycles. The van der Waals surface area contributed by atoms with Gasteiger partial charge in [0.15, 0.2) is 0 Å². The van der Waals surface area contributed by atoms with Gasteiger partial charge in [0.25, 0.3) is 0 Å². The van der Waals surface area contributed by atoms with Crippen molar-refractivity contribution in [3.05, 3.63) is 0 Å². The third-order valence-electron chi connectivity index (χ3n) is 0.637. The van der Waals surface area contributed by atoms with E-state index in [1.54, 1.807) is 7.11 Å². The molecule has 60 valence electrons. The van der Waals surface area contributed by atoms with Gasteiger partial charge in [-0.05, 0) is 6.42 Å². The molecule has 0 bridgehead atoms. The Kier molecular flexibility index (Phi) is 19.2. The summed E-state index contributed by atoms with van der Waals surface area (Å²) < 4.78 is 4.69. The monoisotopic (exact) mass is 143 g/mol. The summed E-state index contributed by atoms with van der Waals surface area (Å²) in [6.45, 7) is 4.95. The van der Waals surface area contributed by atoms with Crippen molar-refractivity contribution in [2.45, 2.75) is 33.1 Å². The van der Waals surface area contributed by atoms with Crippen LogP contribution in [0.5, 0.6) is 0 Å². The largest absolute Gasteiger partial charge is 0.385 e. The molecule has 10 heavy (non-hydrogen) atoms. The fourth-order valence-electron chi connectivity index (χ4n) is 0.296. The molecule has 0 aliphatic heterocycles. The van der Waals surface area contributed by atoms with Gasteiger partial charge in [-0.15, -0.1) is 0 Å². The van der Waals surface area contributed by atoms with E-state index in [-0.39, 0.29) is 0 Å². The number of unbranched alkanes of at least 4 members (excludes halogenated alkanes) is 1. The molecule has 2 nitrogen and oxygen atoms in total. The molecule has 0 unspecified atom stereocenters. The SMILES string of the molecule is CCC.COCCCC#N. The standard InChI is InChI=1S/C5H9NO.C3H8/c1-7-5-3-2-4-6;1-3-2/h2-3,5H2,1H3;3H2,1-2H3. The molecule has 0 saturated carbocycles. The average molecular weight is 143 g/mol. The Balaban J connectivity index is 0. The lowest BCUT2D eigenvalue weighted by atomic mass is 10.4. The van der Waals surface area contributed by atoms with Crippen molar-refractivity contribution in [1.29, 1.82) is 5.26 Å². The van der Waals surface area contributed by atoms with E-state index < -0.39 is 0 Å². The second kappa shape index (κ2) is 15.8. The van der Waals surface area contributed by atoms with E-state index in [1.165, 1.54) is 6.42 Å². The zero-order chi connectivity index (χ0) is 8.24. The van der Waals surface area contributed by atoms with E-state index in [4.69, 9.17) is 10.00 Å². The molecule has 0 radical (unpaired) electrons. The predicted molar refractivity (Wildman–Crippen MR) is 42.7 cm³/mol. The summed E-state index contributed by atoms with van der Waals surface area (Å²) in [4.78, 5) is 0.